The van der Waals surface area contributed by atoms with Crippen LogP contribution in [0, 0.1) is 0 Å². The fourth-order valence-corrected chi connectivity index (χ4v) is 2.83. The second-order valence-corrected chi connectivity index (χ2v) is 5.55. The zero-order valence-corrected chi connectivity index (χ0v) is 13.7. The molecule has 0 spiro atoms. The van der Waals surface area contributed by atoms with Gasteiger partial charge in [0.25, 0.3) is 0 Å². The van der Waals surface area contributed by atoms with Gasteiger partial charge in [0, 0.05) is 31.9 Å². The molecule has 2 aromatic heterocycles. The molecule has 0 bridgehead atoms. The first-order chi connectivity index (χ1) is 10.2. The van der Waals surface area contributed by atoms with Gasteiger partial charge in [-0.3, -0.25) is 9.67 Å². The fraction of sp³-hybridized carbons (Fsp3) is 0.500. The van der Waals surface area contributed by atoms with Gasteiger partial charge in [-0.2, -0.15) is 5.10 Å². The van der Waals surface area contributed by atoms with E-state index in [1.807, 2.05) is 24.1 Å². The second kappa shape index (κ2) is 7.57. The zero-order chi connectivity index (χ0) is 15.2. The van der Waals surface area contributed by atoms with E-state index in [0.29, 0.717) is 0 Å². The quantitative estimate of drug-likeness (QED) is 0.853. The summed E-state index contributed by atoms with van der Waals surface area (Å²) < 4.78 is 1.91. The van der Waals surface area contributed by atoms with Gasteiger partial charge in [0.15, 0.2) is 0 Å². The monoisotopic (exact) mass is 306 g/mol. The Balaban J connectivity index is 2.25. The van der Waals surface area contributed by atoms with Crippen LogP contribution in [-0.2, 0) is 19.9 Å². The summed E-state index contributed by atoms with van der Waals surface area (Å²) in [6.07, 6.45) is 6.44. The third-order valence-electron chi connectivity index (χ3n) is 3.65. The van der Waals surface area contributed by atoms with E-state index < -0.39 is 0 Å². The van der Waals surface area contributed by atoms with Crippen LogP contribution in [0.1, 0.15) is 43.3 Å². The van der Waals surface area contributed by atoms with Gasteiger partial charge in [-0.15, -0.1) is 0 Å². The molecule has 1 N–H and O–H groups in total. The lowest BCUT2D eigenvalue weighted by atomic mass is 10.0. The smallest absolute Gasteiger partial charge is 0.0850 e. The number of halogens is 1. The lowest BCUT2D eigenvalue weighted by Gasteiger charge is -2.19. The van der Waals surface area contributed by atoms with Crippen LogP contribution >= 0.6 is 11.6 Å². The molecule has 0 fully saturated rings. The van der Waals surface area contributed by atoms with Crippen LogP contribution in [0.25, 0.3) is 0 Å². The number of rotatable bonds is 7. The van der Waals surface area contributed by atoms with Crippen molar-refractivity contribution in [3.05, 3.63) is 46.5 Å². The minimum Gasteiger partial charge on any atom is -0.310 e. The molecular weight excluding hydrogens is 284 g/mol. The normalized spacial score (nSPS) is 12.6. The number of aromatic nitrogens is 3. The second-order valence-electron chi connectivity index (χ2n) is 5.18. The number of hydrogen-bond donors (Lipinski definition) is 1. The van der Waals surface area contributed by atoms with Gasteiger partial charge in [0.2, 0.25) is 0 Å². The van der Waals surface area contributed by atoms with Crippen molar-refractivity contribution < 1.29 is 0 Å². The summed E-state index contributed by atoms with van der Waals surface area (Å²) in [5.41, 5.74) is 3.28. The van der Waals surface area contributed by atoms with E-state index in [1.54, 1.807) is 0 Å². The summed E-state index contributed by atoms with van der Waals surface area (Å²) in [4.78, 5) is 4.10. The topological polar surface area (TPSA) is 42.7 Å². The lowest BCUT2D eigenvalue weighted by molar-refractivity contribution is 0.512. The van der Waals surface area contributed by atoms with Gasteiger partial charge in [0.1, 0.15) is 0 Å². The highest BCUT2D eigenvalue weighted by Crippen LogP contribution is 2.26. The molecule has 0 amide bonds. The van der Waals surface area contributed by atoms with Gasteiger partial charge in [-0.25, -0.2) is 0 Å². The molecule has 0 aliphatic carbocycles. The molecule has 5 heteroatoms. The third kappa shape index (κ3) is 3.83. The van der Waals surface area contributed by atoms with Crippen LogP contribution in [0.5, 0.6) is 0 Å². The Bertz CT molecular complexity index is 565. The predicted octanol–water partition coefficient (Wildman–Crippen LogP) is 3.31. The van der Waals surface area contributed by atoms with Crippen molar-refractivity contribution in [3.8, 4) is 0 Å². The highest BCUT2D eigenvalue weighted by molar-refractivity contribution is 6.31. The average molecular weight is 307 g/mol. The molecule has 4 nitrogen and oxygen atoms in total. The maximum Gasteiger partial charge on any atom is 0.0850 e. The van der Waals surface area contributed by atoms with E-state index in [4.69, 9.17) is 11.6 Å². The molecular formula is C16H23ClN4. The van der Waals surface area contributed by atoms with Gasteiger partial charge in [0.05, 0.1) is 16.4 Å². The minimum absolute atomic E-state index is 0.227. The Morgan fingerprint density at radius 1 is 1.29 bits per heavy atom. The molecule has 2 rings (SSSR count). The predicted molar refractivity (Wildman–Crippen MR) is 86.6 cm³/mol. The summed E-state index contributed by atoms with van der Waals surface area (Å²) in [6, 6.07) is 4.34. The number of aryl methyl sites for hydroxylation is 2. The first-order valence-electron chi connectivity index (χ1n) is 7.50. The summed E-state index contributed by atoms with van der Waals surface area (Å²) >= 11 is 6.47. The Morgan fingerprint density at radius 3 is 2.57 bits per heavy atom. The maximum atomic E-state index is 6.47. The molecule has 0 aliphatic rings. The Morgan fingerprint density at radius 2 is 2.00 bits per heavy atom. The Kier molecular flexibility index (Phi) is 5.76. The van der Waals surface area contributed by atoms with E-state index >= 15 is 0 Å². The van der Waals surface area contributed by atoms with Gasteiger partial charge in [-0.1, -0.05) is 25.4 Å². The van der Waals surface area contributed by atoms with Crippen molar-refractivity contribution in [2.45, 2.75) is 39.2 Å². The molecule has 0 radical (unpaired) electrons. The van der Waals surface area contributed by atoms with E-state index in [-0.39, 0.29) is 6.04 Å². The molecule has 0 aromatic carbocycles. The standard InChI is InChI=1S/C16H23ClN4/c1-4-8-19-14(12-6-9-18-10-7-12)11-15-16(17)13(5-2)20-21(15)3/h6-7,9-10,14,19H,4-5,8,11H2,1-3H3. The molecule has 2 aromatic rings. The van der Waals surface area contributed by atoms with E-state index in [9.17, 15) is 0 Å². The van der Waals surface area contributed by atoms with E-state index in [2.05, 4.69) is 41.4 Å². The van der Waals surface area contributed by atoms with Crippen LogP contribution in [0.2, 0.25) is 5.02 Å². The van der Waals surface area contributed by atoms with Gasteiger partial charge >= 0.3 is 0 Å². The van der Waals surface area contributed by atoms with Crippen molar-refractivity contribution in [3.63, 3.8) is 0 Å². The van der Waals surface area contributed by atoms with E-state index in [1.165, 1.54) is 5.56 Å². The Labute approximate surface area is 131 Å². The summed E-state index contributed by atoms with van der Waals surface area (Å²) in [5, 5.41) is 8.89. The number of nitrogens with zero attached hydrogens (tertiary/aromatic N) is 3. The molecule has 114 valence electrons. The lowest BCUT2D eigenvalue weighted by Crippen LogP contribution is -2.25. The average Bonchev–Trinajstić information content (AvgIpc) is 2.79. The van der Waals surface area contributed by atoms with Crippen molar-refractivity contribution in [2.24, 2.45) is 7.05 Å². The summed E-state index contributed by atoms with van der Waals surface area (Å²) in [5.74, 6) is 0. The molecule has 0 saturated heterocycles. The van der Waals surface area contributed by atoms with E-state index in [0.717, 1.165) is 42.2 Å². The fourth-order valence-electron chi connectivity index (χ4n) is 2.46. The zero-order valence-electron chi connectivity index (χ0n) is 12.9. The Hall–Kier alpha value is -1.39. The number of nitrogens with one attached hydrogen (secondary N) is 1. The molecule has 0 aliphatic heterocycles. The van der Waals surface area contributed by atoms with Crippen LogP contribution in [0.15, 0.2) is 24.5 Å². The molecule has 2 heterocycles. The van der Waals surface area contributed by atoms with Crippen molar-refractivity contribution >= 4 is 11.6 Å². The highest BCUT2D eigenvalue weighted by atomic mass is 35.5. The first-order valence-corrected chi connectivity index (χ1v) is 7.88. The third-order valence-corrected chi connectivity index (χ3v) is 4.09. The molecule has 21 heavy (non-hydrogen) atoms. The maximum absolute atomic E-state index is 6.47. The van der Waals surface area contributed by atoms with Crippen LogP contribution in [0.3, 0.4) is 0 Å². The first kappa shape index (κ1) is 16.0. The number of hydrogen-bond acceptors (Lipinski definition) is 3. The van der Waals surface area contributed by atoms with Crippen LogP contribution in [-0.4, -0.2) is 21.3 Å². The van der Waals surface area contributed by atoms with Crippen LogP contribution < -0.4 is 5.32 Å². The largest absolute Gasteiger partial charge is 0.310 e. The number of pyridine rings is 1. The summed E-state index contributed by atoms with van der Waals surface area (Å²) in [6.45, 7) is 5.22. The van der Waals surface area contributed by atoms with Crippen molar-refractivity contribution in [1.29, 1.82) is 0 Å². The molecule has 0 saturated carbocycles. The highest BCUT2D eigenvalue weighted by Gasteiger charge is 2.18. The summed E-state index contributed by atoms with van der Waals surface area (Å²) in [7, 11) is 1.96. The minimum atomic E-state index is 0.227. The van der Waals surface area contributed by atoms with Gasteiger partial charge in [-0.05, 0) is 37.1 Å². The SMILES string of the molecule is CCCNC(Cc1c(Cl)c(CC)nn1C)c1ccncc1. The van der Waals surface area contributed by atoms with Crippen molar-refractivity contribution in [1.82, 2.24) is 20.1 Å². The van der Waals surface area contributed by atoms with Crippen molar-refractivity contribution in [2.75, 3.05) is 6.54 Å². The molecule has 1 atom stereocenters. The molecule has 1 unspecified atom stereocenters. The van der Waals surface area contributed by atoms with Gasteiger partial charge < -0.3 is 5.32 Å². The van der Waals surface area contributed by atoms with Crippen LogP contribution in [0.4, 0.5) is 0 Å².